The first-order valence-electron chi connectivity index (χ1n) is 4.37. The predicted octanol–water partition coefficient (Wildman–Crippen LogP) is 2.69. The highest BCUT2D eigenvalue weighted by atomic mass is 35.5. The van der Waals surface area contributed by atoms with Crippen LogP contribution in [0.5, 0.6) is 0 Å². The number of benzene rings is 1. The molecular weight excluding hydrogens is 198 g/mol. The van der Waals surface area contributed by atoms with E-state index in [4.69, 9.17) is 16.7 Å². The van der Waals surface area contributed by atoms with Crippen LogP contribution in [0, 0.1) is 6.92 Å². The van der Waals surface area contributed by atoms with Crippen LogP contribution in [0.4, 0.5) is 0 Å². The molecular formula is C11H10ClNO. The van der Waals surface area contributed by atoms with E-state index in [0.29, 0.717) is 5.15 Å². The first-order valence-corrected chi connectivity index (χ1v) is 4.75. The highest BCUT2D eigenvalue weighted by Crippen LogP contribution is 2.21. The molecule has 0 unspecified atom stereocenters. The van der Waals surface area contributed by atoms with Gasteiger partial charge in [-0.1, -0.05) is 23.7 Å². The molecule has 0 aliphatic heterocycles. The van der Waals surface area contributed by atoms with Crippen LogP contribution < -0.4 is 0 Å². The zero-order valence-corrected chi connectivity index (χ0v) is 8.54. The van der Waals surface area contributed by atoms with E-state index in [-0.39, 0.29) is 6.61 Å². The van der Waals surface area contributed by atoms with Crippen molar-refractivity contribution in [3.8, 4) is 0 Å². The van der Waals surface area contributed by atoms with E-state index < -0.39 is 0 Å². The third-order valence-electron chi connectivity index (χ3n) is 2.19. The van der Waals surface area contributed by atoms with Gasteiger partial charge in [-0.05, 0) is 30.2 Å². The molecule has 2 aromatic rings. The van der Waals surface area contributed by atoms with Crippen molar-refractivity contribution in [1.82, 2.24) is 4.98 Å². The highest BCUT2D eigenvalue weighted by molar-refractivity contribution is 6.29. The number of aromatic nitrogens is 1. The fourth-order valence-corrected chi connectivity index (χ4v) is 1.73. The molecule has 1 aromatic carbocycles. The van der Waals surface area contributed by atoms with Crippen molar-refractivity contribution in [3.63, 3.8) is 0 Å². The summed E-state index contributed by atoms with van der Waals surface area (Å²) in [4.78, 5) is 4.20. The molecule has 0 aliphatic rings. The SMILES string of the molecule is Cc1ccc2c(CO)cc(Cl)nc2c1. The molecule has 1 N–H and O–H groups in total. The molecule has 0 atom stereocenters. The van der Waals surface area contributed by atoms with E-state index >= 15 is 0 Å². The lowest BCUT2D eigenvalue weighted by Gasteiger charge is -2.04. The second-order valence-electron chi connectivity index (χ2n) is 3.28. The second kappa shape index (κ2) is 3.56. The van der Waals surface area contributed by atoms with Crippen LogP contribution in [-0.2, 0) is 6.61 Å². The number of fused-ring (bicyclic) bond motifs is 1. The maximum Gasteiger partial charge on any atom is 0.130 e. The minimum atomic E-state index is -0.0121. The third kappa shape index (κ3) is 1.59. The molecule has 0 spiro atoms. The van der Waals surface area contributed by atoms with E-state index in [0.717, 1.165) is 22.0 Å². The number of nitrogens with zero attached hydrogens (tertiary/aromatic N) is 1. The molecule has 0 aliphatic carbocycles. The molecule has 0 saturated carbocycles. The minimum absolute atomic E-state index is 0.0121. The molecule has 0 radical (unpaired) electrons. The van der Waals surface area contributed by atoms with Crippen LogP contribution in [0.25, 0.3) is 10.9 Å². The molecule has 0 amide bonds. The van der Waals surface area contributed by atoms with Crippen molar-refractivity contribution in [3.05, 3.63) is 40.5 Å². The van der Waals surface area contributed by atoms with Gasteiger partial charge in [0.2, 0.25) is 0 Å². The van der Waals surface area contributed by atoms with Gasteiger partial charge in [-0.3, -0.25) is 0 Å². The normalized spacial score (nSPS) is 10.8. The van der Waals surface area contributed by atoms with E-state index in [1.165, 1.54) is 0 Å². The summed E-state index contributed by atoms with van der Waals surface area (Å²) in [6.45, 7) is 1.99. The van der Waals surface area contributed by atoms with Crippen molar-refractivity contribution in [2.45, 2.75) is 13.5 Å². The first-order chi connectivity index (χ1) is 6.70. The Morgan fingerprint density at radius 2 is 2.14 bits per heavy atom. The number of rotatable bonds is 1. The molecule has 0 fully saturated rings. The number of hydrogen-bond acceptors (Lipinski definition) is 2. The number of halogens is 1. The Bertz CT molecular complexity index is 477. The van der Waals surface area contributed by atoms with Crippen LogP contribution in [0.15, 0.2) is 24.3 Å². The molecule has 0 bridgehead atoms. The van der Waals surface area contributed by atoms with Crippen LogP contribution >= 0.6 is 11.6 Å². The summed E-state index contributed by atoms with van der Waals surface area (Å²) in [7, 11) is 0. The summed E-state index contributed by atoms with van der Waals surface area (Å²) in [5, 5.41) is 10.5. The topological polar surface area (TPSA) is 33.1 Å². The number of aliphatic hydroxyl groups excluding tert-OH is 1. The number of pyridine rings is 1. The van der Waals surface area contributed by atoms with Crippen LogP contribution in [0.1, 0.15) is 11.1 Å². The molecule has 2 rings (SSSR count). The van der Waals surface area contributed by atoms with Gasteiger partial charge in [-0.2, -0.15) is 0 Å². The van der Waals surface area contributed by atoms with Gasteiger partial charge in [0, 0.05) is 5.39 Å². The van der Waals surface area contributed by atoms with Crippen molar-refractivity contribution < 1.29 is 5.11 Å². The molecule has 2 nitrogen and oxygen atoms in total. The summed E-state index contributed by atoms with van der Waals surface area (Å²) < 4.78 is 0. The van der Waals surface area contributed by atoms with E-state index in [2.05, 4.69) is 4.98 Å². The minimum Gasteiger partial charge on any atom is -0.392 e. The summed E-state index contributed by atoms with van der Waals surface area (Å²) in [5.41, 5.74) is 2.79. The lowest BCUT2D eigenvalue weighted by molar-refractivity contribution is 0.283. The van der Waals surface area contributed by atoms with Gasteiger partial charge < -0.3 is 5.11 Å². The maximum atomic E-state index is 9.14. The number of aryl methyl sites for hydroxylation is 1. The van der Waals surface area contributed by atoms with E-state index in [9.17, 15) is 0 Å². The Morgan fingerprint density at radius 3 is 2.86 bits per heavy atom. The Morgan fingerprint density at radius 1 is 1.36 bits per heavy atom. The van der Waals surface area contributed by atoms with Gasteiger partial charge >= 0.3 is 0 Å². The first kappa shape index (κ1) is 9.44. The smallest absolute Gasteiger partial charge is 0.130 e. The van der Waals surface area contributed by atoms with Gasteiger partial charge in [0.15, 0.2) is 0 Å². The van der Waals surface area contributed by atoms with Gasteiger partial charge in [-0.15, -0.1) is 0 Å². The van der Waals surface area contributed by atoms with Gasteiger partial charge in [0.1, 0.15) is 5.15 Å². The largest absolute Gasteiger partial charge is 0.392 e. The maximum absolute atomic E-state index is 9.14. The summed E-state index contributed by atoms with van der Waals surface area (Å²) >= 11 is 5.83. The standard InChI is InChI=1S/C11H10ClNO/c1-7-2-3-9-8(6-14)5-11(12)13-10(9)4-7/h2-5,14H,6H2,1H3. The zero-order valence-electron chi connectivity index (χ0n) is 7.79. The lowest BCUT2D eigenvalue weighted by atomic mass is 10.1. The van der Waals surface area contributed by atoms with E-state index in [1.807, 2.05) is 25.1 Å². The highest BCUT2D eigenvalue weighted by Gasteiger charge is 2.03. The average Bonchev–Trinajstić information content (AvgIpc) is 2.15. The Hall–Kier alpha value is -1.12. The molecule has 14 heavy (non-hydrogen) atoms. The fraction of sp³-hybridized carbons (Fsp3) is 0.182. The molecule has 1 heterocycles. The molecule has 0 saturated heterocycles. The fourth-order valence-electron chi connectivity index (χ4n) is 1.51. The van der Waals surface area contributed by atoms with Crippen molar-refractivity contribution in [2.75, 3.05) is 0 Å². The van der Waals surface area contributed by atoms with Crippen molar-refractivity contribution >= 4 is 22.5 Å². The second-order valence-corrected chi connectivity index (χ2v) is 3.67. The van der Waals surface area contributed by atoms with Crippen LogP contribution in [0.2, 0.25) is 5.15 Å². The summed E-state index contributed by atoms with van der Waals surface area (Å²) in [6.07, 6.45) is 0. The molecule has 1 aromatic heterocycles. The van der Waals surface area contributed by atoms with Crippen LogP contribution in [0.3, 0.4) is 0 Å². The average molecular weight is 208 g/mol. The van der Waals surface area contributed by atoms with E-state index in [1.54, 1.807) is 6.07 Å². The van der Waals surface area contributed by atoms with Gasteiger partial charge in [-0.25, -0.2) is 4.98 Å². The Balaban J connectivity index is 2.81. The lowest BCUT2D eigenvalue weighted by Crippen LogP contribution is -1.90. The molecule has 3 heteroatoms. The van der Waals surface area contributed by atoms with Crippen molar-refractivity contribution in [2.24, 2.45) is 0 Å². The Labute approximate surface area is 87.2 Å². The molecule has 72 valence electrons. The van der Waals surface area contributed by atoms with Crippen molar-refractivity contribution in [1.29, 1.82) is 0 Å². The predicted molar refractivity (Wildman–Crippen MR) is 57.4 cm³/mol. The summed E-state index contributed by atoms with van der Waals surface area (Å²) in [5.74, 6) is 0. The number of aliphatic hydroxyl groups is 1. The zero-order chi connectivity index (χ0) is 10.1. The van der Waals surface area contributed by atoms with Gasteiger partial charge in [0.25, 0.3) is 0 Å². The third-order valence-corrected chi connectivity index (χ3v) is 2.38. The van der Waals surface area contributed by atoms with Crippen LogP contribution in [-0.4, -0.2) is 10.1 Å². The quantitative estimate of drug-likeness (QED) is 0.730. The number of hydrogen-bond donors (Lipinski definition) is 1. The summed E-state index contributed by atoms with van der Waals surface area (Å²) in [6, 6.07) is 7.61. The monoisotopic (exact) mass is 207 g/mol. The Kier molecular flexibility index (Phi) is 2.40. The van der Waals surface area contributed by atoms with Gasteiger partial charge in [0.05, 0.1) is 12.1 Å².